The van der Waals surface area contributed by atoms with Crippen LogP contribution >= 0.6 is 0 Å². The normalized spacial score (nSPS) is 21.3. The summed E-state index contributed by atoms with van der Waals surface area (Å²) in [6.45, 7) is 3.82. The number of fused-ring (bicyclic) bond motifs is 1. The highest BCUT2D eigenvalue weighted by Crippen LogP contribution is 2.27. The Kier molecular flexibility index (Phi) is 3.25. The van der Waals surface area contributed by atoms with Crippen LogP contribution in [0, 0.1) is 12.8 Å². The lowest BCUT2D eigenvalue weighted by atomic mass is 10.1. The van der Waals surface area contributed by atoms with Crippen LogP contribution in [-0.4, -0.2) is 30.0 Å². The fraction of sp³-hybridized carbons (Fsp3) is 0.444. The third-order valence-electron chi connectivity index (χ3n) is 4.72. The predicted molar refractivity (Wildman–Crippen MR) is 88.0 cm³/mol. The summed E-state index contributed by atoms with van der Waals surface area (Å²) in [6, 6.07) is 10.8. The molecule has 4 nitrogen and oxygen atoms in total. The maximum absolute atomic E-state index is 12.2. The number of nitrogens with one attached hydrogen (secondary N) is 1. The van der Waals surface area contributed by atoms with Crippen LogP contribution in [-0.2, 0) is 4.79 Å². The van der Waals surface area contributed by atoms with E-state index in [4.69, 9.17) is 4.98 Å². The largest absolute Gasteiger partial charge is 0.356 e. The Morgan fingerprint density at radius 3 is 2.91 bits per heavy atom. The maximum Gasteiger partial charge on any atom is 0.225 e. The van der Waals surface area contributed by atoms with E-state index in [2.05, 4.69) is 35.3 Å². The van der Waals surface area contributed by atoms with Crippen molar-refractivity contribution in [3.8, 4) is 0 Å². The van der Waals surface area contributed by atoms with Gasteiger partial charge in [-0.2, -0.15) is 0 Å². The lowest BCUT2D eigenvalue weighted by molar-refractivity contribution is -0.124. The Bertz CT molecular complexity index is 723. The zero-order chi connectivity index (χ0) is 15.1. The SMILES string of the molecule is Cc1cc(N2CCC(C(=O)NC3CC3)C2)nc2ccccc12. The predicted octanol–water partition coefficient (Wildman–Crippen LogP) is 2.65. The molecule has 2 fully saturated rings. The van der Waals surface area contributed by atoms with Gasteiger partial charge < -0.3 is 10.2 Å². The summed E-state index contributed by atoms with van der Waals surface area (Å²) >= 11 is 0. The van der Waals surface area contributed by atoms with Crippen LogP contribution in [0.15, 0.2) is 30.3 Å². The Morgan fingerprint density at radius 1 is 1.27 bits per heavy atom. The molecule has 1 unspecified atom stereocenters. The van der Waals surface area contributed by atoms with Crippen molar-refractivity contribution >= 4 is 22.6 Å². The number of rotatable bonds is 3. The number of amides is 1. The number of carbonyl (C=O) groups excluding carboxylic acids is 1. The molecule has 4 heteroatoms. The fourth-order valence-corrected chi connectivity index (χ4v) is 3.22. The first-order valence-electron chi connectivity index (χ1n) is 8.12. The minimum atomic E-state index is 0.106. The van der Waals surface area contributed by atoms with E-state index >= 15 is 0 Å². The van der Waals surface area contributed by atoms with Crippen molar-refractivity contribution in [1.29, 1.82) is 0 Å². The van der Waals surface area contributed by atoms with Crippen molar-refractivity contribution in [1.82, 2.24) is 10.3 Å². The topological polar surface area (TPSA) is 45.2 Å². The molecule has 1 N–H and O–H groups in total. The summed E-state index contributed by atoms with van der Waals surface area (Å²) in [4.78, 5) is 19.2. The highest BCUT2D eigenvalue weighted by atomic mass is 16.2. The van der Waals surface area contributed by atoms with Gasteiger partial charge in [-0.25, -0.2) is 4.98 Å². The molecule has 22 heavy (non-hydrogen) atoms. The summed E-state index contributed by atoms with van der Waals surface area (Å²) in [7, 11) is 0. The number of hydrogen-bond donors (Lipinski definition) is 1. The van der Waals surface area contributed by atoms with Gasteiger partial charge in [-0.05, 0) is 43.9 Å². The first-order valence-corrected chi connectivity index (χ1v) is 8.12. The average Bonchev–Trinajstić information content (AvgIpc) is 3.19. The lowest BCUT2D eigenvalue weighted by Crippen LogP contribution is -2.34. The maximum atomic E-state index is 12.2. The Labute approximate surface area is 130 Å². The molecule has 114 valence electrons. The molecule has 2 aromatic rings. The smallest absolute Gasteiger partial charge is 0.225 e. The molecule has 0 spiro atoms. The van der Waals surface area contributed by atoms with Crippen LogP contribution in [0.2, 0.25) is 0 Å². The first kappa shape index (κ1) is 13.6. The fourth-order valence-electron chi connectivity index (χ4n) is 3.22. The molecule has 4 rings (SSSR count). The van der Waals surface area contributed by atoms with Crippen molar-refractivity contribution in [2.24, 2.45) is 5.92 Å². The van der Waals surface area contributed by atoms with Gasteiger partial charge in [0.25, 0.3) is 0 Å². The second-order valence-corrected chi connectivity index (χ2v) is 6.53. The van der Waals surface area contributed by atoms with E-state index in [0.29, 0.717) is 6.04 Å². The number of aromatic nitrogens is 1. The van der Waals surface area contributed by atoms with E-state index in [9.17, 15) is 4.79 Å². The molecular weight excluding hydrogens is 274 g/mol. The summed E-state index contributed by atoms with van der Waals surface area (Å²) in [5.41, 5.74) is 2.27. The van der Waals surface area contributed by atoms with E-state index in [1.165, 1.54) is 10.9 Å². The van der Waals surface area contributed by atoms with Crippen molar-refractivity contribution in [3.05, 3.63) is 35.9 Å². The minimum Gasteiger partial charge on any atom is -0.356 e. The number of nitrogens with zero attached hydrogens (tertiary/aromatic N) is 2. The first-order chi connectivity index (χ1) is 10.7. The van der Waals surface area contributed by atoms with Crippen LogP contribution in [0.4, 0.5) is 5.82 Å². The van der Waals surface area contributed by atoms with Crippen molar-refractivity contribution in [3.63, 3.8) is 0 Å². The van der Waals surface area contributed by atoms with Crippen LogP contribution in [0.5, 0.6) is 0 Å². The molecule has 1 amide bonds. The number of para-hydroxylation sites is 1. The van der Waals surface area contributed by atoms with Gasteiger partial charge in [0, 0.05) is 24.5 Å². The number of hydrogen-bond acceptors (Lipinski definition) is 3. The molecule has 1 aliphatic carbocycles. The molecule has 1 saturated carbocycles. The molecule has 1 aliphatic heterocycles. The van der Waals surface area contributed by atoms with E-state index in [1.807, 2.05) is 12.1 Å². The van der Waals surface area contributed by atoms with Gasteiger partial charge in [-0.1, -0.05) is 18.2 Å². The molecule has 1 saturated heterocycles. The van der Waals surface area contributed by atoms with E-state index in [0.717, 1.165) is 43.7 Å². The third-order valence-corrected chi connectivity index (χ3v) is 4.72. The molecule has 0 bridgehead atoms. The zero-order valence-corrected chi connectivity index (χ0v) is 12.9. The van der Waals surface area contributed by atoms with Crippen molar-refractivity contribution < 1.29 is 4.79 Å². The lowest BCUT2D eigenvalue weighted by Gasteiger charge is -2.19. The van der Waals surface area contributed by atoms with Crippen molar-refractivity contribution in [2.45, 2.75) is 32.2 Å². The number of carbonyl (C=O) groups is 1. The Balaban J connectivity index is 1.54. The second kappa shape index (κ2) is 5.27. The molecule has 2 aliphatic rings. The summed E-state index contributed by atoms with van der Waals surface area (Å²) in [5.74, 6) is 1.33. The highest BCUT2D eigenvalue weighted by Gasteiger charge is 2.32. The zero-order valence-electron chi connectivity index (χ0n) is 12.9. The second-order valence-electron chi connectivity index (χ2n) is 6.53. The van der Waals surface area contributed by atoms with Gasteiger partial charge in [0.05, 0.1) is 11.4 Å². The summed E-state index contributed by atoms with van der Waals surface area (Å²) < 4.78 is 0. The van der Waals surface area contributed by atoms with Crippen LogP contribution in [0.25, 0.3) is 10.9 Å². The summed E-state index contributed by atoms with van der Waals surface area (Å²) in [6.07, 6.45) is 3.22. The van der Waals surface area contributed by atoms with Gasteiger partial charge in [0.2, 0.25) is 5.91 Å². The van der Waals surface area contributed by atoms with Gasteiger partial charge in [0.15, 0.2) is 0 Å². The summed E-state index contributed by atoms with van der Waals surface area (Å²) in [5, 5.41) is 4.33. The van der Waals surface area contributed by atoms with Gasteiger partial charge in [-0.3, -0.25) is 4.79 Å². The Morgan fingerprint density at radius 2 is 2.09 bits per heavy atom. The molecule has 0 radical (unpaired) electrons. The standard InChI is InChI=1S/C18H21N3O/c1-12-10-17(20-16-5-3-2-4-15(12)16)21-9-8-13(11-21)18(22)19-14-6-7-14/h2-5,10,13-14H,6-9,11H2,1H3,(H,19,22). The van der Waals surface area contributed by atoms with Gasteiger partial charge >= 0.3 is 0 Å². The van der Waals surface area contributed by atoms with Crippen LogP contribution < -0.4 is 10.2 Å². The average molecular weight is 295 g/mol. The van der Waals surface area contributed by atoms with E-state index < -0.39 is 0 Å². The molecule has 1 aromatic carbocycles. The van der Waals surface area contributed by atoms with Gasteiger partial charge in [-0.15, -0.1) is 0 Å². The number of anilines is 1. The molecule has 2 heterocycles. The van der Waals surface area contributed by atoms with E-state index in [1.54, 1.807) is 0 Å². The molecule has 1 aromatic heterocycles. The monoisotopic (exact) mass is 295 g/mol. The van der Waals surface area contributed by atoms with Crippen LogP contribution in [0.3, 0.4) is 0 Å². The van der Waals surface area contributed by atoms with Gasteiger partial charge in [0.1, 0.15) is 5.82 Å². The minimum absolute atomic E-state index is 0.106. The quantitative estimate of drug-likeness (QED) is 0.947. The van der Waals surface area contributed by atoms with Crippen LogP contribution in [0.1, 0.15) is 24.8 Å². The van der Waals surface area contributed by atoms with E-state index in [-0.39, 0.29) is 11.8 Å². The molecular formula is C18H21N3O. The number of aryl methyl sites for hydroxylation is 1. The number of benzene rings is 1. The van der Waals surface area contributed by atoms with Crippen molar-refractivity contribution in [2.75, 3.05) is 18.0 Å². The Hall–Kier alpha value is -2.10. The number of pyridine rings is 1. The highest BCUT2D eigenvalue weighted by molar-refractivity contribution is 5.84. The third kappa shape index (κ3) is 2.54. The molecule has 1 atom stereocenters.